The molecule has 2 unspecified atom stereocenters. The first-order chi connectivity index (χ1) is 27.7. The Balaban J connectivity index is 0.000000204. The minimum absolute atomic E-state index is 0.0788. The Labute approximate surface area is 367 Å². The third-order valence-electron chi connectivity index (χ3n) is 10.3. The van der Waals surface area contributed by atoms with E-state index < -0.39 is 0 Å². The van der Waals surface area contributed by atoms with Crippen molar-refractivity contribution in [3.05, 3.63) is 74.2 Å². The third kappa shape index (κ3) is 17.0. The van der Waals surface area contributed by atoms with Gasteiger partial charge in [0.05, 0.1) is 45.9 Å². The second kappa shape index (κ2) is 26.7. The van der Waals surface area contributed by atoms with E-state index in [1.165, 1.54) is 42.4 Å². The molecule has 0 saturated carbocycles. The van der Waals surface area contributed by atoms with Gasteiger partial charge in [-0.3, -0.25) is 9.59 Å². The molecular weight excluding hydrogens is 888 g/mol. The van der Waals surface area contributed by atoms with E-state index in [0.29, 0.717) is 37.9 Å². The lowest BCUT2D eigenvalue weighted by molar-refractivity contribution is -0.145. The van der Waals surface area contributed by atoms with Gasteiger partial charge in [0, 0.05) is 49.5 Å². The van der Waals surface area contributed by atoms with Gasteiger partial charge >= 0.3 is 11.9 Å². The van der Waals surface area contributed by atoms with Gasteiger partial charge in [0.1, 0.15) is 17.2 Å². The molecule has 0 N–H and O–H groups in total. The van der Waals surface area contributed by atoms with Gasteiger partial charge in [-0.05, 0) is 93.7 Å². The highest BCUT2D eigenvalue weighted by molar-refractivity contribution is 9.10. The van der Waals surface area contributed by atoms with Gasteiger partial charge in [0.2, 0.25) is 0 Å². The molecule has 0 aromatic heterocycles. The van der Waals surface area contributed by atoms with Gasteiger partial charge < -0.3 is 23.7 Å². The van der Waals surface area contributed by atoms with Crippen LogP contribution in [0.2, 0.25) is 0 Å². The molecule has 57 heavy (non-hydrogen) atoms. The first-order valence-electron chi connectivity index (χ1n) is 20.9. The maximum atomic E-state index is 11.9. The maximum Gasteiger partial charge on any atom is 0.306 e. The van der Waals surface area contributed by atoms with Gasteiger partial charge in [0.25, 0.3) is 0 Å². The largest absolute Gasteiger partial charge is 0.493 e. The Morgan fingerprint density at radius 1 is 0.649 bits per heavy atom. The normalized spacial score (nSPS) is 14.2. The molecule has 0 bridgehead atoms. The number of ether oxygens (including phenoxy) is 5. The molecule has 6 rings (SSSR count). The zero-order chi connectivity index (χ0) is 40.8. The van der Waals surface area contributed by atoms with Crippen molar-refractivity contribution >= 4 is 67.3 Å². The smallest absolute Gasteiger partial charge is 0.306 e. The van der Waals surface area contributed by atoms with E-state index in [1.807, 2.05) is 12.1 Å². The minimum atomic E-state index is -0.0917. The van der Waals surface area contributed by atoms with Gasteiger partial charge in [-0.1, -0.05) is 94.3 Å². The zero-order valence-electron chi connectivity index (χ0n) is 34.3. The van der Waals surface area contributed by atoms with Crippen LogP contribution in [-0.2, 0) is 38.3 Å². The summed E-state index contributed by atoms with van der Waals surface area (Å²) in [5, 5.41) is 0. The first kappa shape index (κ1) is 47.3. The fraction of sp³-hybridized carbons (Fsp3) is 0.565. The van der Waals surface area contributed by atoms with Crippen molar-refractivity contribution in [2.45, 2.75) is 121 Å². The Bertz CT molecular complexity index is 1690. The number of hydrogen-bond acceptors (Lipinski definition) is 9. The number of fused-ring (bicyclic) bond motifs is 3. The molecule has 3 aromatic carbocycles. The summed E-state index contributed by atoms with van der Waals surface area (Å²) >= 11 is 10.3. The maximum absolute atomic E-state index is 11.9. The summed E-state index contributed by atoms with van der Waals surface area (Å²) in [5.41, 5.74) is 3.86. The molecule has 2 atom stereocenters. The highest BCUT2D eigenvalue weighted by Crippen LogP contribution is 2.37. The molecule has 3 heterocycles. The lowest BCUT2D eigenvalue weighted by Gasteiger charge is -2.14. The fourth-order valence-electron chi connectivity index (χ4n) is 6.52. The van der Waals surface area contributed by atoms with E-state index in [-0.39, 0.29) is 11.9 Å². The summed E-state index contributed by atoms with van der Waals surface area (Å²) < 4.78 is 29.6. The average Bonchev–Trinajstić information content (AvgIpc) is 4.00. The van der Waals surface area contributed by atoms with Crippen LogP contribution in [0.1, 0.15) is 109 Å². The number of halogens is 2. The number of benzene rings is 3. The number of thioether (sulfide) groups is 2. The van der Waals surface area contributed by atoms with Gasteiger partial charge in [-0.2, -0.15) is 0 Å². The van der Waals surface area contributed by atoms with Crippen LogP contribution in [-0.4, -0.2) is 56.5 Å². The van der Waals surface area contributed by atoms with E-state index in [9.17, 15) is 9.59 Å². The number of carbonyl (C=O) groups is 2. The van der Waals surface area contributed by atoms with E-state index >= 15 is 0 Å². The lowest BCUT2D eigenvalue weighted by atomic mass is 10.0. The van der Waals surface area contributed by atoms with Crippen molar-refractivity contribution < 1.29 is 33.3 Å². The molecule has 3 aliphatic heterocycles. The molecule has 0 amide bonds. The first-order valence-corrected chi connectivity index (χ1v) is 24.5. The van der Waals surface area contributed by atoms with Crippen molar-refractivity contribution in [1.29, 1.82) is 0 Å². The summed E-state index contributed by atoms with van der Waals surface area (Å²) in [5.74, 6) is 5.34. The SMILES string of the molecule is Brc1ccc2c(c1)OCC2.CCCCC(CC)COC(=O)CCSc1cc2c(cc1Br)CCO2.CCCCC(CC)COC(=O)CCSc1ccc2c(c1)OCC2. The van der Waals surface area contributed by atoms with Crippen LogP contribution < -0.4 is 14.2 Å². The Kier molecular flexibility index (Phi) is 22.2. The number of carbonyl (C=O) groups excluding carboxylic acids is 2. The third-order valence-corrected chi connectivity index (χ3v) is 13.7. The van der Waals surface area contributed by atoms with E-state index in [0.717, 1.165) is 112 Å². The summed E-state index contributed by atoms with van der Waals surface area (Å²) in [6.07, 6.45) is 13.2. The van der Waals surface area contributed by atoms with Crippen LogP contribution in [0.3, 0.4) is 0 Å². The Hall–Kier alpha value is -2.34. The molecule has 3 aliphatic rings. The molecule has 0 spiro atoms. The summed E-state index contributed by atoms with van der Waals surface area (Å²) in [6, 6.07) is 16.7. The molecule has 0 saturated heterocycles. The second-order valence-electron chi connectivity index (χ2n) is 14.6. The molecule has 0 fully saturated rings. The van der Waals surface area contributed by atoms with Crippen LogP contribution in [0, 0.1) is 11.8 Å². The number of hydrogen-bond donors (Lipinski definition) is 0. The monoisotopic (exact) mass is 948 g/mol. The predicted molar refractivity (Wildman–Crippen MR) is 242 cm³/mol. The van der Waals surface area contributed by atoms with E-state index in [1.54, 1.807) is 23.5 Å². The van der Waals surface area contributed by atoms with Crippen molar-refractivity contribution in [1.82, 2.24) is 0 Å². The van der Waals surface area contributed by atoms with E-state index in [4.69, 9.17) is 23.7 Å². The standard InChI is InChI=1S/C19H27BrO3S.C19H28O3S.C8H7BrO/c1-3-5-6-14(4-2)13-23-19(21)8-10-24-18-12-17-15(7-9-22-17)11-16(18)20;1-3-5-6-15(4-2)14-22-19(20)10-12-23-17-8-7-16-9-11-21-18(16)13-17;9-7-2-1-6-3-4-10-8(6)5-7/h11-12,14H,3-10,13H2,1-2H3;7-8,13,15H,3-6,9-12,14H2,1-2H3;1-2,5H,3-4H2. The molecular formula is C46H62Br2O7S2. The summed E-state index contributed by atoms with van der Waals surface area (Å²) in [7, 11) is 0. The number of rotatable bonds is 20. The molecule has 0 aliphatic carbocycles. The van der Waals surface area contributed by atoms with Crippen LogP contribution in [0.4, 0.5) is 0 Å². The molecule has 7 nitrogen and oxygen atoms in total. The Morgan fingerprint density at radius 3 is 1.72 bits per heavy atom. The second-order valence-corrected chi connectivity index (χ2v) is 18.7. The molecule has 3 aromatic rings. The lowest BCUT2D eigenvalue weighted by Crippen LogP contribution is -2.14. The topological polar surface area (TPSA) is 80.3 Å². The highest BCUT2D eigenvalue weighted by atomic mass is 79.9. The molecule has 11 heteroatoms. The predicted octanol–water partition coefficient (Wildman–Crippen LogP) is 12.9. The summed E-state index contributed by atoms with van der Waals surface area (Å²) in [4.78, 5) is 26.1. The van der Waals surface area contributed by atoms with Crippen LogP contribution >= 0.6 is 55.4 Å². The van der Waals surface area contributed by atoms with Crippen LogP contribution in [0.15, 0.2) is 67.3 Å². The van der Waals surface area contributed by atoms with Crippen molar-refractivity contribution in [2.24, 2.45) is 11.8 Å². The zero-order valence-corrected chi connectivity index (χ0v) is 39.2. The Morgan fingerprint density at radius 2 is 1.16 bits per heavy atom. The average molecular weight is 951 g/mol. The quantitative estimate of drug-likeness (QED) is 0.0812. The van der Waals surface area contributed by atoms with Gasteiger partial charge in [0.15, 0.2) is 0 Å². The van der Waals surface area contributed by atoms with E-state index in [2.05, 4.69) is 96.0 Å². The number of esters is 2. The summed E-state index contributed by atoms with van der Waals surface area (Å²) in [6.45, 7) is 12.2. The van der Waals surface area contributed by atoms with Crippen molar-refractivity contribution in [3.8, 4) is 17.2 Å². The van der Waals surface area contributed by atoms with Crippen LogP contribution in [0.25, 0.3) is 0 Å². The van der Waals surface area contributed by atoms with Gasteiger partial charge in [-0.15, -0.1) is 23.5 Å². The van der Waals surface area contributed by atoms with Gasteiger partial charge in [-0.25, -0.2) is 0 Å². The molecule has 0 radical (unpaired) electrons. The van der Waals surface area contributed by atoms with Crippen molar-refractivity contribution in [3.63, 3.8) is 0 Å². The number of unbranched alkanes of at least 4 members (excludes halogenated alkanes) is 2. The fourth-order valence-corrected chi connectivity index (χ4v) is 9.33. The highest BCUT2D eigenvalue weighted by Gasteiger charge is 2.17. The minimum Gasteiger partial charge on any atom is -0.493 e. The van der Waals surface area contributed by atoms with Crippen molar-refractivity contribution in [2.75, 3.05) is 44.5 Å². The molecule has 314 valence electrons. The van der Waals surface area contributed by atoms with Crippen LogP contribution in [0.5, 0.6) is 17.2 Å².